The second-order valence-electron chi connectivity index (χ2n) is 7.97. The molecular weight excluding hydrogens is 318 g/mol. The molecule has 144 valence electrons. The van der Waals surface area contributed by atoms with E-state index < -0.39 is 5.97 Å². The van der Waals surface area contributed by atoms with Crippen molar-refractivity contribution in [2.45, 2.75) is 76.8 Å². The summed E-state index contributed by atoms with van der Waals surface area (Å²) in [5.41, 5.74) is 0. The first-order chi connectivity index (χ1) is 12.0. The van der Waals surface area contributed by atoms with Gasteiger partial charge in [-0.15, -0.1) is 0 Å². The largest absolute Gasteiger partial charge is 0.480 e. The molecule has 0 spiro atoms. The third kappa shape index (κ3) is 6.84. The molecule has 6 heteroatoms. The maximum Gasteiger partial charge on any atom is 0.317 e. The number of amides is 2. The van der Waals surface area contributed by atoms with Gasteiger partial charge in [0.25, 0.3) is 0 Å². The molecule has 0 bridgehead atoms. The molecule has 2 atom stereocenters. The Labute approximate surface area is 151 Å². The van der Waals surface area contributed by atoms with Crippen molar-refractivity contribution in [1.82, 2.24) is 15.1 Å². The maximum atomic E-state index is 12.6. The third-order valence-electron chi connectivity index (χ3n) is 5.77. The van der Waals surface area contributed by atoms with Crippen molar-refractivity contribution in [2.75, 3.05) is 26.7 Å². The number of likely N-dealkylation sites (N-methyl/N-ethyl adjacent to an activating group) is 1. The number of likely N-dealkylation sites (tertiary alicyclic amines) is 1. The average molecular weight is 354 g/mol. The highest BCUT2D eigenvalue weighted by Crippen LogP contribution is 2.27. The van der Waals surface area contributed by atoms with Crippen molar-refractivity contribution in [2.24, 2.45) is 5.92 Å². The van der Waals surface area contributed by atoms with Crippen LogP contribution in [0.15, 0.2) is 0 Å². The summed E-state index contributed by atoms with van der Waals surface area (Å²) in [6.45, 7) is 3.65. The van der Waals surface area contributed by atoms with E-state index in [0.717, 1.165) is 38.1 Å². The fraction of sp³-hybridized carbons (Fsp3) is 0.895. The van der Waals surface area contributed by atoms with Gasteiger partial charge >= 0.3 is 12.0 Å². The number of carbonyl (C=O) groups is 2. The Hall–Kier alpha value is -1.30. The number of carbonyl (C=O) groups excluding carboxylic acids is 1. The van der Waals surface area contributed by atoms with Gasteiger partial charge in [0, 0.05) is 25.2 Å². The van der Waals surface area contributed by atoms with Gasteiger partial charge in [0.2, 0.25) is 0 Å². The molecule has 0 aromatic rings. The first-order valence-corrected chi connectivity index (χ1v) is 9.93. The first kappa shape index (κ1) is 20.0. The summed E-state index contributed by atoms with van der Waals surface area (Å²) in [6, 6.07) is 0.516. The number of carboxylic acid groups (broad SMARTS) is 1. The summed E-state index contributed by atoms with van der Waals surface area (Å²) in [5, 5.41) is 12.1. The summed E-state index contributed by atoms with van der Waals surface area (Å²) < 4.78 is 0. The molecule has 0 aromatic carbocycles. The molecule has 1 aliphatic carbocycles. The Morgan fingerprint density at radius 3 is 2.52 bits per heavy atom. The number of nitrogens with zero attached hydrogens (tertiary/aromatic N) is 2. The summed E-state index contributed by atoms with van der Waals surface area (Å²) >= 11 is 0. The van der Waals surface area contributed by atoms with E-state index in [2.05, 4.69) is 12.2 Å². The lowest BCUT2D eigenvalue weighted by atomic mass is 9.85. The fourth-order valence-corrected chi connectivity index (χ4v) is 4.35. The van der Waals surface area contributed by atoms with Gasteiger partial charge in [-0.05, 0) is 45.6 Å². The van der Waals surface area contributed by atoms with E-state index in [4.69, 9.17) is 5.11 Å². The molecule has 2 N–H and O–H groups in total. The fourth-order valence-electron chi connectivity index (χ4n) is 4.35. The van der Waals surface area contributed by atoms with Crippen LogP contribution in [0.4, 0.5) is 4.79 Å². The highest BCUT2D eigenvalue weighted by Gasteiger charge is 2.25. The molecule has 2 rings (SSSR count). The first-order valence-electron chi connectivity index (χ1n) is 9.93. The van der Waals surface area contributed by atoms with E-state index >= 15 is 0 Å². The van der Waals surface area contributed by atoms with Crippen LogP contribution >= 0.6 is 0 Å². The summed E-state index contributed by atoms with van der Waals surface area (Å²) in [4.78, 5) is 27.3. The molecule has 0 aromatic heterocycles. The quantitative estimate of drug-likeness (QED) is 0.770. The standard InChI is InChI=1S/C19H35N3O3/c1-15(13-16-7-4-3-5-8-16)20-19(25)22-11-6-9-17(10-12-22)21(2)14-18(23)24/h15-17H,3-14H2,1-2H3,(H,20,25)(H,23,24)/t15-,17?/m1/s1. The Bertz CT molecular complexity index is 438. The van der Waals surface area contributed by atoms with Gasteiger partial charge in [0.1, 0.15) is 0 Å². The number of rotatable bonds is 6. The number of urea groups is 1. The molecule has 1 unspecified atom stereocenters. The van der Waals surface area contributed by atoms with Crippen LogP contribution in [0, 0.1) is 5.92 Å². The molecule has 6 nitrogen and oxygen atoms in total. The van der Waals surface area contributed by atoms with Gasteiger partial charge in [0.05, 0.1) is 6.54 Å². The zero-order valence-electron chi connectivity index (χ0n) is 15.9. The topological polar surface area (TPSA) is 72.9 Å². The molecule has 1 saturated heterocycles. The minimum atomic E-state index is -0.794. The minimum Gasteiger partial charge on any atom is -0.480 e. The predicted octanol–water partition coefficient (Wildman–Crippen LogP) is 2.93. The molecule has 1 saturated carbocycles. The second-order valence-corrected chi connectivity index (χ2v) is 7.97. The van der Waals surface area contributed by atoms with Crippen LogP contribution in [0.1, 0.15) is 64.7 Å². The monoisotopic (exact) mass is 353 g/mol. The third-order valence-corrected chi connectivity index (χ3v) is 5.77. The molecule has 2 amide bonds. The van der Waals surface area contributed by atoms with Gasteiger partial charge in [-0.3, -0.25) is 9.69 Å². The van der Waals surface area contributed by atoms with Gasteiger partial charge in [-0.1, -0.05) is 32.1 Å². The number of hydrogen-bond acceptors (Lipinski definition) is 3. The Morgan fingerprint density at radius 2 is 1.84 bits per heavy atom. The highest BCUT2D eigenvalue weighted by atomic mass is 16.4. The van der Waals surface area contributed by atoms with Crippen molar-refractivity contribution in [3.05, 3.63) is 0 Å². The molecular formula is C19H35N3O3. The highest BCUT2D eigenvalue weighted by molar-refractivity contribution is 5.74. The van der Waals surface area contributed by atoms with Crippen LogP contribution < -0.4 is 5.32 Å². The molecule has 25 heavy (non-hydrogen) atoms. The van der Waals surface area contributed by atoms with E-state index in [-0.39, 0.29) is 24.7 Å². The Kier molecular flexibility index (Phi) is 8.00. The zero-order chi connectivity index (χ0) is 18.2. The predicted molar refractivity (Wildman–Crippen MR) is 98.7 cm³/mol. The lowest BCUT2D eigenvalue weighted by molar-refractivity contribution is -0.138. The van der Waals surface area contributed by atoms with Crippen molar-refractivity contribution < 1.29 is 14.7 Å². The van der Waals surface area contributed by atoms with Crippen molar-refractivity contribution >= 4 is 12.0 Å². The lowest BCUT2D eigenvalue weighted by Gasteiger charge is -2.28. The van der Waals surface area contributed by atoms with Crippen molar-refractivity contribution in [3.63, 3.8) is 0 Å². The van der Waals surface area contributed by atoms with Crippen LogP contribution in [0.25, 0.3) is 0 Å². The second kappa shape index (κ2) is 10.00. The summed E-state index contributed by atoms with van der Waals surface area (Å²) in [6.07, 6.45) is 10.5. The molecule has 1 heterocycles. The zero-order valence-corrected chi connectivity index (χ0v) is 15.9. The van der Waals surface area contributed by atoms with E-state index in [0.29, 0.717) is 6.54 Å². The van der Waals surface area contributed by atoms with Crippen LogP contribution in [-0.4, -0.2) is 65.7 Å². The van der Waals surface area contributed by atoms with E-state index in [1.54, 1.807) is 0 Å². The van der Waals surface area contributed by atoms with E-state index in [9.17, 15) is 9.59 Å². The lowest BCUT2D eigenvalue weighted by Crippen LogP contribution is -2.45. The van der Waals surface area contributed by atoms with Gasteiger partial charge in [-0.25, -0.2) is 4.79 Å². The summed E-state index contributed by atoms with van der Waals surface area (Å²) in [5.74, 6) is -0.0277. The number of carboxylic acids is 1. The van der Waals surface area contributed by atoms with E-state index in [1.807, 2.05) is 16.8 Å². The van der Waals surface area contributed by atoms with Gasteiger partial charge in [0.15, 0.2) is 0 Å². The molecule has 2 aliphatic rings. The normalized spacial score (nSPS) is 24.0. The van der Waals surface area contributed by atoms with Crippen molar-refractivity contribution in [3.8, 4) is 0 Å². The van der Waals surface area contributed by atoms with Crippen molar-refractivity contribution in [1.29, 1.82) is 0 Å². The Morgan fingerprint density at radius 1 is 1.12 bits per heavy atom. The van der Waals surface area contributed by atoms with E-state index in [1.165, 1.54) is 32.1 Å². The van der Waals surface area contributed by atoms with Crippen LogP contribution in [0.2, 0.25) is 0 Å². The van der Waals surface area contributed by atoms with Crippen LogP contribution in [0.3, 0.4) is 0 Å². The molecule has 2 fully saturated rings. The van der Waals surface area contributed by atoms with Gasteiger partial charge in [-0.2, -0.15) is 0 Å². The molecule has 0 radical (unpaired) electrons. The number of nitrogens with one attached hydrogen (secondary N) is 1. The number of aliphatic carboxylic acids is 1. The Balaban J connectivity index is 1.74. The van der Waals surface area contributed by atoms with Crippen LogP contribution in [-0.2, 0) is 4.79 Å². The maximum absolute atomic E-state index is 12.6. The molecule has 1 aliphatic heterocycles. The number of hydrogen-bond donors (Lipinski definition) is 2. The SMILES string of the molecule is C[C@H](CC1CCCCC1)NC(=O)N1CCCC(N(C)CC(=O)O)CC1. The minimum absolute atomic E-state index is 0.0462. The van der Waals surface area contributed by atoms with Crippen LogP contribution in [0.5, 0.6) is 0 Å². The average Bonchev–Trinajstić information content (AvgIpc) is 2.81. The smallest absolute Gasteiger partial charge is 0.317 e. The van der Waals surface area contributed by atoms with Gasteiger partial charge < -0.3 is 15.3 Å². The summed E-state index contributed by atoms with van der Waals surface area (Å²) in [7, 11) is 1.86.